The third-order valence-electron chi connectivity index (χ3n) is 3.72. The van der Waals surface area contributed by atoms with Gasteiger partial charge in [-0.3, -0.25) is 9.59 Å². The Morgan fingerprint density at radius 1 is 1.27 bits per heavy atom. The Bertz CT molecular complexity index is 660. The van der Waals surface area contributed by atoms with E-state index in [0.29, 0.717) is 30.6 Å². The fourth-order valence-electron chi connectivity index (χ4n) is 2.50. The first-order chi connectivity index (χ1) is 12.1. The van der Waals surface area contributed by atoms with Crippen LogP contribution in [0.25, 0.3) is 0 Å². The molecule has 2 heterocycles. The zero-order valence-electron chi connectivity index (χ0n) is 15.1. The molecule has 0 bridgehead atoms. The number of amides is 3. The van der Waals surface area contributed by atoms with Gasteiger partial charge in [0.25, 0.3) is 5.91 Å². The standard InChI is InChI=1S/C17H24BrN3O5/c1-17(2,3)26-16(24)21-8-6-11(7-9-21)20-14(22)10-19-15(23)12-4-5-13(18)25-12/h4-5,11H,6-10H2,1-3H3,(H,19,23)(H,20,22). The van der Waals surface area contributed by atoms with Crippen LogP contribution in [0.15, 0.2) is 21.2 Å². The van der Waals surface area contributed by atoms with E-state index in [9.17, 15) is 14.4 Å². The van der Waals surface area contributed by atoms with Crippen LogP contribution >= 0.6 is 15.9 Å². The molecular formula is C17H24BrN3O5. The largest absolute Gasteiger partial charge is 0.444 e. The molecule has 1 saturated heterocycles. The Labute approximate surface area is 160 Å². The summed E-state index contributed by atoms with van der Waals surface area (Å²) in [5.74, 6) is -0.597. The van der Waals surface area contributed by atoms with Gasteiger partial charge in [-0.05, 0) is 61.7 Å². The Kier molecular flexibility index (Phi) is 6.69. The van der Waals surface area contributed by atoms with Crippen LogP contribution in [0.2, 0.25) is 0 Å². The average molecular weight is 430 g/mol. The van der Waals surface area contributed by atoms with Crippen LogP contribution < -0.4 is 10.6 Å². The van der Waals surface area contributed by atoms with Crippen LogP contribution in [0, 0.1) is 0 Å². The van der Waals surface area contributed by atoms with E-state index in [2.05, 4.69) is 26.6 Å². The SMILES string of the molecule is CC(C)(C)OC(=O)N1CCC(NC(=O)CNC(=O)c2ccc(Br)o2)CC1. The number of likely N-dealkylation sites (tertiary alicyclic amines) is 1. The zero-order chi connectivity index (χ0) is 19.3. The molecule has 26 heavy (non-hydrogen) atoms. The molecule has 144 valence electrons. The molecule has 1 aliphatic heterocycles. The molecule has 0 aromatic carbocycles. The summed E-state index contributed by atoms with van der Waals surface area (Å²) in [6, 6.07) is 3.09. The van der Waals surface area contributed by atoms with Crippen molar-refractivity contribution in [2.45, 2.75) is 45.3 Å². The molecule has 0 aliphatic carbocycles. The molecule has 9 heteroatoms. The molecule has 1 aliphatic rings. The minimum atomic E-state index is -0.524. The lowest BCUT2D eigenvalue weighted by Gasteiger charge is -2.33. The highest BCUT2D eigenvalue weighted by Gasteiger charge is 2.27. The highest BCUT2D eigenvalue weighted by molar-refractivity contribution is 9.10. The number of carbonyl (C=O) groups excluding carboxylic acids is 3. The molecule has 0 atom stereocenters. The van der Waals surface area contributed by atoms with Crippen molar-refractivity contribution in [3.63, 3.8) is 0 Å². The molecule has 0 spiro atoms. The molecule has 1 fully saturated rings. The number of rotatable bonds is 4. The summed E-state index contributed by atoms with van der Waals surface area (Å²) in [6.07, 6.45) is 0.952. The lowest BCUT2D eigenvalue weighted by atomic mass is 10.1. The molecule has 0 saturated carbocycles. The Morgan fingerprint density at radius 3 is 2.46 bits per heavy atom. The predicted octanol–water partition coefficient (Wildman–Crippen LogP) is 2.29. The molecule has 8 nitrogen and oxygen atoms in total. The number of ether oxygens (including phenoxy) is 1. The van der Waals surface area contributed by atoms with Crippen molar-refractivity contribution < 1.29 is 23.5 Å². The van der Waals surface area contributed by atoms with Crippen LogP contribution in [-0.4, -0.2) is 54.1 Å². The zero-order valence-corrected chi connectivity index (χ0v) is 16.7. The molecule has 0 radical (unpaired) electrons. The molecule has 3 amide bonds. The van der Waals surface area contributed by atoms with Crippen molar-refractivity contribution in [3.05, 3.63) is 22.6 Å². The van der Waals surface area contributed by atoms with Gasteiger partial charge in [-0.2, -0.15) is 0 Å². The lowest BCUT2D eigenvalue weighted by Crippen LogP contribution is -2.49. The summed E-state index contributed by atoms with van der Waals surface area (Å²) in [5.41, 5.74) is -0.524. The van der Waals surface area contributed by atoms with E-state index < -0.39 is 11.5 Å². The van der Waals surface area contributed by atoms with Crippen LogP contribution in [0.5, 0.6) is 0 Å². The Morgan fingerprint density at radius 2 is 1.92 bits per heavy atom. The van der Waals surface area contributed by atoms with Gasteiger partial charge >= 0.3 is 6.09 Å². The average Bonchev–Trinajstić information content (AvgIpc) is 2.98. The topological polar surface area (TPSA) is 101 Å². The summed E-state index contributed by atoms with van der Waals surface area (Å²) >= 11 is 3.11. The van der Waals surface area contributed by atoms with Crippen molar-refractivity contribution in [1.82, 2.24) is 15.5 Å². The molecule has 0 unspecified atom stereocenters. The smallest absolute Gasteiger partial charge is 0.410 e. The normalized spacial score (nSPS) is 15.5. The number of hydrogen-bond donors (Lipinski definition) is 2. The third kappa shape index (κ3) is 6.36. The second-order valence-corrected chi connectivity index (χ2v) is 7.88. The van der Waals surface area contributed by atoms with Crippen molar-refractivity contribution >= 4 is 33.8 Å². The first kappa shape index (κ1) is 20.3. The summed E-state index contributed by atoms with van der Waals surface area (Å²) < 4.78 is 10.9. The quantitative estimate of drug-likeness (QED) is 0.764. The number of nitrogens with zero attached hydrogens (tertiary/aromatic N) is 1. The summed E-state index contributed by atoms with van der Waals surface area (Å²) in [4.78, 5) is 37.5. The summed E-state index contributed by atoms with van der Waals surface area (Å²) in [7, 11) is 0. The van der Waals surface area contributed by atoms with Crippen molar-refractivity contribution in [1.29, 1.82) is 0 Å². The van der Waals surface area contributed by atoms with Crippen LogP contribution in [0.1, 0.15) is 44.2 Å². The molecular weight excluding hydrogens is 406 g/mol. The van der Waals surface area contributed by atoms with E-state index >= 15 is 0 Å². The van der Waals surface area contributed by atoms with Gasteiger partial charge in [-0.1, -0.05) is 0 Å². The van der Waals surface area contributed by atoms with Gasteiger partial charge in [-0.25, -0.2) is 4.79 Å². The second kappa shape index (κ2) is 8.57. The second-order valence-electron chi connectivity index (χ2n) is 7.10. The summed E-state index contributed by atoms with van der Waals surface area (Å²) in [6.45, 7) is 6.39. The first-order valence-electron chi connectivity index (χ1n) is 8.45. The maximum atomic E-state index is 12.0. The number of halogens is 1. The number of piperidine rings is 1. The minimum absolute atomic E-state index is 0.0316. The van der Waals surface area contributed by atoms with Crippen molar-refractivity contribution in [2.75, 3.05) is 19.6 Å². The van der Waals surface area contributed by atoms with Gasteiger partial charge in [0.1, 0.15) is 5.60 Å². The van der Waals surface area contributed by atoms with Crippen molar-refractivity contribution in [2.24, 2.45) is 0 Å². The maximum Gasteiger partial charge on any atom is 0.410 e. The van der Waals surface area contributed by atoms with Crippen molar-refractivity contribution in [3.8, 4) is 0 Å². The van der Waals surface area contributed by atoms with Gasteiger partial charge in [0, 0.05) is 19.1 Å². The third-order valence-corrected chi connectivity index (χ3v) is 4.14. The van der Waals surface area contributed by atoms with Gasteiger partial charge in [0.2, 0.25) is 5.91 Å². The number of nitrogens with one attached hydrogen (secondary N) is 2. The van der Waals surface area contributed by atoms with E-state index in [1.165, 1.54) is 6.07 Å². The summed E-state index contributed by atoms with van der Waals surface area (Å²) in [5, 5.41) is 5.37. The number of carbonyl (C=O) groups is 3. The van der Waals surface area contributed by atoms with Gasteiger partial charge < -0.3 is 24.7 Å². The molecule has 2 N–H and O–H groups in total. The van der Waals surface area contributed by atoms with Crippen LogP contribution in [0.4, 0.5) is 4.79 Å². The monoisotopic (exact) mass is 429 g/mol. The maximum absolute atomic E-state index is 12.0. The van der Waals surface area contributed by atoms with Gasteiger partial charge in [0.15, 0.2) is 10.4 Å². The fraction of sp³-hybridized carbons (Fsp3) is 0.588. The highest BCUT2D eigenvalue weighted by Crippen LogP contribution is 2.16. The van der Waals surface area contributed by atoms with Gasteiger partial charge in [-0.15, -0.1) is 0 Å². The molecule has 1 aromatic rings. The van der Waals surface area contributed by atoms with E-state index in [0.717, 1.165) is 0 Å². The van der Waals surface area contributed by atoms with Gasteiger partial charge in [0.05, 0.1) is 6.54 Å². The van der Waals surface area contributed by atoms with E-state index in [4.69, 9.17) is 9.15 Å². The predicted molar refractivity (Wildman–Crippen MR) is 97.7 cm³/mol. The van der Waals surface area contributed by atoms with E-state index in [-0.39, 0.29) is 30.3 Å². The molecule has 1 aromatic heterocycles. The first-order valence-corrected chi connectivity index (χ1v) is 9.24. The Balaban J connectivity index is 1.69. The van der Waals surface area contributed by atoms with Crippen LogP contribution in [-0.2, 0) is 9.53 Å². The van der Waals surface area contributed by atoms with E-state index in [1.807, 2.05) is 20.8 Å². The number of furan rings is 1. The fourth-order valence-corrected chi connectivity index (χ4v) is 2.80. The lowest BCUT2D eigenvalue weighted by molar-refractivity contribution is -0.121. The highest BCUT2D eigenvalue weighted by atomic mass is 79.9. The Hall–Kier alpha value is -2.03. The number of hydrogen-bond acceptors (Lipinski definition) is 5. The minimum Gasteiger partial charge on any atom is -0.444 e. The van der Waals surface area contributed by atoms with Crippen LogP contribution in [0.3, 0.4) is 0 Å². The van der Waals surface area contributed by atoms with E-state index in [1.54, 1.807) is 11.0 Å². The molecule has 2 rings (SSSR count).